The summed E-state index contributed by atoms with van der Waals surface area (Å²) in [5, 5.41) is 10.4. The zero-order chi connectivity index (χ0) is 20.1. The second-order valence-corrected chi connectivity index (χ2v) is 6.87. The molecule has 3 aromatic rings. The Kier molecular flexibility index (Phi) is 6.06. The Balaban J connectivity index is 1.65. The Morgan fingerprint density at radius 2 is 1.79 bits per heavy atom. The van der Waals surface area contributed by atoms with E-state index in [2.05, 4.69) is 20.7 Å². The number of para-hydroxylation sites is 1. The van der Waals surface area contributed by atoms with Gasteiger partial charge in [-0.05, 0) is 38.1 Å². The lowest BCUT2D eigenvalue weighted by Crippen LogP contribution is -2.31. The van der Waals surface area contributed by atoms with E-state index in [0.29, 0.717) is 5.02 Å². The van der Waals surface area contributed by atoms with Crippen molar-refractivity contribution in [1.82, 2.24) is 25.4 Å². The highest BCUT2D eigenvalue weighted by atomic mass is 35.5. The number of carbonyl (C=O) groups excluding carboxylic acids is 2. The van der Waals surface area contributed by atoms with Gasteiger partial charge in [0.1, 0.15) is 11.4 Å². The third-order valence-electron chi connectivity index (χ3n) is 3.82. The van der Waals surface area contributed by atoms with Gasteiger partial charge in [0, 0.05) is 24.3 Å². The standard InChI is InChI=1S/C20H20ClN5O2/c1-13(2)24-20(28)17-8-5-7-16(25-17)19(27)22-10-14-11-23-26(12-14)18-9-4-3-6-15(18)21/h3-9,11-13H,10H2,1-2H3,(H,22,27)(H,24,28). The molecule has 2 heterocycles. The zero-order valence-corrected chi connectivity index (χ0v) is 16.3. The van der Waals surface area contributed by atoms with Gasteiger partial charge in [-0.2, -0.15) is 5.10 Å². The number of pyridine rings is 1. The minimum Gasteiger partial charge on any atom is -0.349 e. The maximum Gasteiger partial charge on any atom is 0.270 e. The second kappa shape index (κ2) is 8.67. The van der Waals surface area contributed by atoms with Gasteiger partial charge in [-0.3, -0.25) is 9.59 Å². The molecule has 0 aliphatic rings. The van der Waals surface area contributed by atoms with Crippen LogP contribution in [-0.2, 0) is 6.54 Å². The molecular weight excluding hydrogens is 378 g/mol. The molecule has 0 bridgehead atoms. The highest BCUT2D eigenvalue weighted by Gasteiger charge is 2.13. The summed E-state index contributed by atoms with van der Waals surface area (Å²) in [6.45, 7) is 3.99. The minimum atomic E-state index is -0.371. The van der Waals surface area contributed by atoms with Gasteiger partial charge in [0.15, 0.2) is 0 Å². The van der Waals surface area contributed by atoms with E-state index in [1.807, 2.05) is 32.0 Å². The Morgan fingerprint density at radius 3 is 2.50 bits per heavy atom. The number of aromatic nitrogens is 3. The maximum absolute atomic E-state index is 12.4. The number of hydrogen-bond acceptors (Lipinski definition) is 4. The molecule has 0 unspecified atom stereocenters. The highest BCUT2D eigenvalue weighted by Crippen LogP contribution is 2.19. The number of carbonyl (C=O) groups is 2. The van der Waals surface area contributed by atoms with Crippen LogP contribution in [0.25, 0.3) is 5.69 Å². The van der Waals surface area contributed by atoms with E-state index in [0.717, 1.165) is 11.3 Å². The number of rotatable bonds is 6. The van der Waals surface area contributed by atoms with Gasteiger partial charge in [0.2, 0.25) is 0 Å². The summed E-state index contributed by atoms with van der Waals surface area (Å²) in [6.07, 6.45) is 3.45. The molecule has 0 saturated heterocycles. The Bertz CT molecular complexity index is 1000. The van der Waals surface area contributed by atoms with Gasteiger partial charge < -0.3 is 10.6 Å². The Hall–Kier alpha value is -3.19. The fourth-order valence-corrected chi connectivity index (χ4v) is 2.74. The second-order valence-electron chi connectivity index (χ2n) is 6.46. The van der Waals surface area contributed by atoms with Crippen molar-refractivity contribution in [2.75, 3.05) is 0 Å². The third-order valence-corrected chi connectivity index (χ3v) is 4.14. The summed E-state index contributed by atoms with van der Waals surface area (Å²) >= 11 is 6.18. The molecule has 0 atom stereocenters. The van der Waals surface area contributed by atoms with Crippen LogP contribution in [0.4, 0.5) is 0 Å². The fraction of sp³-hybridized carbons (Fsp3) is 0.200. The number of nitrogens with zero attached hydrogens (tertiary/aromatic N) is 3. The van der Waals surface area contributed by atoms with Crippen molar-refractivity contribution < 1.29 is 9.59 Å². The lowest BCUT2D eigenvalue weighted by molar-refractivity contribution is 0.0936. The molecule has 1 aromatic carbocycles. The minimum absolute atomic E-state index is 0.0126. The van der Waals surface area contributed by atoms with Crippen LogP contribution in [0.2, 0.25) is 5.02 Å². The van der Waals surface area contributed by atoms with Gasteiger partial charge in [-0.25, -0.2) is 9.67 Å². The molecular formula is C20H20ClN5O2. The molecule has 144 valence electrons. The summed E-state index contributed by atoms with van der Waals surface area (Å²) in [6, 6.07) is 12.1. The van der Waals surface area contributed by atoms with E-state index in [1.165, 1.54) is 0 Å². The van der Waals surface area contributed by atoms with Crippen molar-refractivity contribution in [3.05, 3.63) is 76.8 Å². The monoisotopic (exact) mass is 397 g/mol. The molecule has 28 heavy (non-hydrogen) atoms. The molecule has 2 aromatic heterocycles. The van der Waals surface area contributed by atoms with Crippen LogP contribution in [0.5, 0.6) is 0 Å². The van der Waals surface area contributed by atoms with E-state index >= 15 is 0 Å². The van der Waals surface area contributed by atoms with Crippen LogP contribution < -0.4 is 10.6 Å². The van der Waals surface area contributed by atoms with Crippen molar-refractivity contribution in [2.24, 2.45) is 0 Å². The average molecular weight is 398 g/mol. The van der Waals surface area contributed by atoms with Crippen molar-refractivity contribution in [1.29, 1.82) is 0 Å². The number of hydrogen-bond donors (Lipinski definition) is 2. The first kappa shape index (κ1) is 19.6. The maximum atomic E-state index is 12.4. The molecule has 7 nitrogen and oxygen atoms in total. The first-order valence-corrected chi connectivity index (χ1v) is 9.16. The number of nitrogens with one attached hydrogen (secondary N) is 2. The first-order valence-electron chi connectivity index (χ1n) is 8.78. The molecule has 0 saturated carbocycles. The normalized spacial score (nSPS) is 10.7. The summed E-state index contributed by atoms with van der Waals surface area (Å²) in [4.78, 5) is 28.6. The first-order chi connectivity index (χ1) is 13.4. The van der Waals surface area contributed by atoms with E-state index in [-0.39, 0.29) is 35.8 Å². The van der Waals surface area contributed by atoms with Crippen molar-refractivity contribution in [3.8, 4) is 5.69 Å². The topological polar surface area (TPSA) is 88.9 Å². The molecule has 0 spiro atoms. The van der Waals surface area contributed by atoms with Gasteiger partial charge in [-0.1, -0.05) is 29.8 Å². The van der Waals surface area contributed by atoms with Crippen LogP contribution in [0, 0.1) is 0 Å². The van der Waals surface area contributed by atoms with Gasteiger partial charge in [0.25, 0.3) is 11.8 Å². The fourth-order valence-electron chi connectivity index (χ4n) is 2.52. The van der Waals surface area contributed by atoms with Gasteiger partial charge in [-0.15, -0.1) is 0 Å². The van der Waals surface area contributed by atoms with Crippen LogP contribution in [0.3, 0.4) is 0 Å². The molecule has 0 fully saturated rings. The van der Waals surface area contributed by atoms with Crippen LogP contribution >= 0.6 is 11.6 Å². The van der Waals surface area contributed by atoms with Crippen molar-refractivity contribution in [2.45, 2.75) is 26.4 Å². The predicted molar refractivity (Wildman–Crippen MR) is 107 cm³/mol. The average Bonchev–Trinajstić information content (AvgIpc) is 3.15. The lowest BCUT2D eigenvalue weighted by atomic mass is 10.2. The summed E-state index contributed by atoms with van der Waals surface area (Å²) in [5.74, 6) is -0.685. The third kappa shape index (κ3) is 4.75. The molecule has 2 N–H and O–H groups in total. The predicted octanol–water partition coefficient (Wildman–Crippen LogP) is 2.99. The molecule has 0 radical (unpaired) electrons. The zero-order valence-electron chi connectivity index (χ0n) is 15.5. The molecule has 3 rings (SSSR count). The summed E-state index contributed by atoms with van der Waals surface area (Å²) in [5.41, 5.74) is 1.94. The quantitative estimate of drug-likeness (QED) is 0.669. The largest absolute Gasteiger partial charge is 0.349 e. The number of amides is 2. The lowest BCUT2D eigenvalue weighted by Gasteiger charge is -2.09. The highest BCUT2D eigenvalue weighted by molar-refractivity contribution is 6.32. The summed E-state index contributed by atoms with van der Waals surface area (Å²) < 4.78 is 1.65. The molecule has 0 aliphatic carbocycles. The Morgan fingerprint density at radius 1 is 1.07 bits per heavy atom. The number of benzene rings is 1. The Labute approximate surface area is 167 Å². The van der Waals surface area contributed by atoms with Crippen molar-refractivity contribution >= 4 is 23.4 Å². The summed E-state index contributed by atoms with van der Waals surface area (Å²) in [7, 11) is 0. The van der Waals surface area contributed by atoms with Crippen LogP contribution in [0.15, 0.2) is 54.9 Å². The van der Waals surface area contributed by atoms with E-state index in [4.69, 9.17) is 11.6 Å². The van der Waals surface area contributed by atoms with Gasteiger partial charge >= 0.3 is 0 Å². The van der Waals surface area contributed by atoms with E-state index in [1.54, 1.807) is 41.3 Å². The van der Waals surface area contributed by atoms with E-state index < -0.39 is 0 Å². The van der Waals surface area contributed by atoms with Gasteiger partial charge in [0.05, 0.1) is 16.9 Å². The van der Waals surface area contributed by atoms with E-state index in [9.17, 15) is 9.59 Å². The smallest absolute Gasteiger partial charge is 0.270 e. The number of halogens is 1. The SMILES string of the molecule is CC(C)NC(=O)c1cccc(C(=O)NCc2cnn(-c3ccccc3Cl)c2)n1. The molecule has 0 aliphatic heterocycles. The van der Waals surface area contributed by atoms with Crippen LogP contribution in [-0.4, -0.2) is 32.6 Å². The molecule has 8 heteroatoms. The molecule has 2 amide bonds. The van der Waals surface area contributed by atoms with Crippen molar-refractivity contribution in [3.63, 3.8) is 0 Å². The van der Waals surface area contributed by atoms with Crippen LogP contribution in [0.1, 0.15) is 40.4 Å².